The van der Waals surface area contributed by atoms with Crippen molar-refractivity contribution in [1.29, 1.82) is 0 Å². The van der Waals surface area contributed by atoms with Crippen LogP contribution in [0.4, 0.5) is 0 Å². The molecule has 7 heteroatoms. The first-order valence-corrected chi connectivity index (χ1v) is 8.85. The molecule has 0 aliphatic rings. The van der Waals surface area contributed by atoms with E-state index in [1.54, 1.807) is 14.2 Å². The maximum absolute atomic E-state index is 9.46. The van der Waals surface area contributed by atoms with Gasteiger partial charge >= 0.3 is 5.95 Å². The highest BCUT2D eigenvalue weighted by Gasteiger charge is 2.25. The molecule has 3 rings (SSSR count). The summed E-state index contributed by atoms with van der Waals surface area (Å²) in [6, 6.07) is 5.73. The van der Waals surface area contributed by atoms with E-state index >= 15 is 0 Å². The number of rotatable bonds is 5. The molecule has 3 aromatic rings. The molecular weight excluding hydrogens is 338 g/mol. The van der Waals surface area contributed by atoms with Crippen LogP contribution < -0.4 is 14.0 Å². The number of pyridine rings is 1. The Bertz CT molecular complexity index is 937. The van der Waals surface area contributed by atoms with E-state index in [0.29, 0.717) is 11.7 Å². The fraction of sp³-hybridized carbons (Fsp3) is 0.333. The number of hydrogen-bond donors (Lipinski definition) is 2. The van der Waals surface area contributed by atoms with Gasteiger partial charge in [0.05, 0.1) is 25.7 Å². The zero-order valence-corrected chi connectivity index (χ0v) is 15.8. The molecule has 0 aliphatic carbocycles. The Morgan fingerprint density at radius 1 is 1.16 bits per heavy atom. The topological polar surface area (TPSA) is 71.2 Å². The van der Waals surface area contributed by atoms with Crippen molar-refractivity contribution in [3.05, 3.63) is 40.7 Å². The van der Waals surface area contributed by atoms with Gasteiger partial charge in [-0.05, 0) is 44.9 Å². The maximum atomic E-state index is 9.46. The Labute approximate surface area is 151 Å². The molecule has 2 aromatic heterocycles. The lowest BCUT2D eigenvalue weighted by molar-refractivity contribution is -0.618. The van der Waals surface area contributed by atoms with Crippen molar-refractivity contribution in [2.24, 2.45) is 0 Å². The molecule has 0 amide bonds. The Balaban J connectivity index is 2.28. The number of fused-ring (bicyclic) bond motifs is 1. The molecule has 0 saturated carbocycles. The molecule has 25 heavy (non-hydrogen) atoms. The second-order valence-electron chi connectivity index (χ2n) is 5.87. The minimum atomic E-state index is 0.434. The van der Waals surface area contributed by atoms with Gasteiger partial charge in [-0.3, -0.25) is 0 Å². The summed E-state index contributed by atoms with van der Waals surface area (Å²) in [6.07, 6.45) is 0. The number of nitrogens with one attached hydrogen (secondary N) is 1. The lowest BCUT2D eigenvalue weighted by atomic mass is 10.1. The second kappa shape index (κ2) is 6.93. The molecule has 6 nitrogen and oxygen atoms in total. The zero-order chi connectivity index (χ0) is 18.1. The Kier molecular flexibility index (Phi) is 4.87. The molecule has 0 radical (unpaired) electrons. The average molecular weight is 360 g/mol. The fourth-order valence-corrected chi connectivity index (χ4v) is 3.62. The summed E-state index contributed by atoms with van der Waals surface area (Å²) < 4.78 is 22.4. The quantitative estimate of drug-likeness (QED) is 0.538. The molecule has 0 aliphatic heterocycles. The van der Waals surface area contributed by atoms with Crippen LogP contribution in [0.5, 0.6) is 11.5 Å². The highest BCUT2D eigenvalue weighted by molar-refractivity contribution is 7.92. The van der Waals surface area contributed by atoms with Gasteiger partial charge in [-0.15, -0.1) is 0 Å². The van der Waals surface area contributed by atoms with Gasteiger partial charge in [-0.25, -0.2) is 9.55 Å². The molecule has 0 bridgehead atoms. The van der Waals surface area contributed by atoms with Crippen LogP contribution in [0, 0.1) is 20.8 Å². The molecule has 2 N–H and O–H groups in total. The normalized spacial score (nSPS) is 11.1. The Morgan fingerprint density at radius 3 is 2.56 bits per heavy atom. The smallest absolute Gasteiger partial charge is 0.402 e. The number of aromatic nitrogens is 3. The van der Waals surface area contributed by atoms with Crippen LogP contribution in [-0.4, -0.2) is 28.7 Å². The predicted molar refractivity (Wildman–Crippen MR) is 98.9 cm³/mol. The fourth-order valence-electron chi connectivity index (χ4n) is 3.15. The van der Waals surface area contributed by atoms with Gasteiger partial charge < -0.3 is 14.0 Å². The van der Waals surface area contributed by atoms with Crippen LogP contribution in [0.3, 0.4) is 0 Å². The summed E-state index contributed by atoms with van der Waals surface area (Å²) in [4.78, 5) is 8.08. The largest absolute Gasteiger partial charge is 0.497 e. The highest BCUT2D eigenvalue weighted by atomic mass is 32.2. The van der Waals surface area contributed by atoms with Gasteiger partial charge in [0.15, 0.2) is 5.52 Å². The van der Waals surface area contributed by atoms with Crippen LogP contribution in [0.15, 0.2) is 18.2 Å². The molecule has 1 aromatic carbocycles. The van der Waals surface area contributed by atoms with E-state index in [9.17, 15) is 4.55 Å². The number of nitrogens with zero attached hydrogens (tertiary/aromatic N) is 2. The number of H-pyrrole nitrogens is 1. The first-order valence-electron chi connectivity index (χ1n) is 7.91. The number of imidazole rings is 1. The van der Waals surface area contributed by atoms with E-state index in [4.69, 9.17) is 14.5 Å². The minimum absolute atomic E-state index is 0.434. The van der Waals surface area contributed by atoms with E-state index in [1.165, 1.54) is 0 Å². The molecular formula is C18H22N3O3S+. The summed E-state index contributed by atoms with van der Waals surface area (Å²) in [6.45, 7) is 6.05. The minimum Gasteiger partial charge on any atom is -0.497 e. The number of benzene rings is 1. The summed E-state index contributed by atoms with van der Waals surface area (Å²) in [5.74, 6) is 2.76. The Morgan fingerprint density at radius 2 is 1.92 bits per heavy atom. The van der Waals surface area contributed by atoms with Crippen molar-refractivity contribution in [2.45, 2.75) is 26.5 Å². The third kappa shape index (κ3) is 2.94. The van der Waals surface area contributed by atoms with Crippen molar-refractivity contribution in [3.8, 4) is 17.4 Å². The maximum Gasteiger partial charge on any atom is 0.402 e. The zero-order valence-electron chi connectivity index (χ0n) is 15.0. The van der Waals surface area contributed by atoms with Gasteiger partial charge in [0.25, 0.3) is 0 Å². The lowest BCUT2D eigenvalue weighted by Gasteiger charge is -2.17. The van der Waals surface area contributed by atoms with E-state index in [0.717, 1.165) is 57.1 Å². The molecule has 0 unspecified atom stereocenters. The molecule has 0 spiro atoms. The lowest BCUT2D eigenvalue weighted by Crippen LogP contribution is -2.42. The van der Waals surface area contributed by atoms with Crippen molar-refractivity contribution >= 4 is 23.1 Å². The molecule has 2 heterocycles. The van der Waals surface area contributed by atoms with Crippen LogP contribution in [0.2, 0.25) is 0 Å². The van der Waals surface area contributed by atoms with Crippen LogP contribution in [-0.2, 0) is 5.75 Å². The van der Waals surface area contributed by atoms with Gasteiger partial charge in [0, 0.05) is 17.2 Å². The summed E-state index contributed by atoms with van der Waals surface area (Å²) in [7, 11) is 3.31. The number of aromatic amines is 1. The van der Waals surface area contributed by atoms with Gasteiger partial charge in [0.1, 0.15) is 22.7 Å². The van der Waals surface area contributed by atoms with Crippen LogP contribution in [0.25, 0.3) is 17.0 Å². The standard InChI is InChI=1S/C18H21N3O3S/c1-10-12(3)21(16(9-25-22)11(2)17(10)24-5)18-19-14-7-6-13(23-4)8-15(14)20-18/h6-8H,9H2,1-5H3,(H-,19,20,22)/p+1. The molecule has 132 valence electrons. The van der Waals surface area contributed by atoms with Gasteiger partial charge in [-0.2, -0.15) is 0 Å². The SMILES string of the molecule is COc1ccc2nc(-[n+]3c(C)c(C)c(OC)c(C)c3CSO)[nH]c2c1. The monoisotopic (exact) mass is 360 g/mol. The van der Waals surface area contributed by atoms with E-state index in [-0.39, 0.29) is 0 Å². The molecule has 0 fully saturated rings. The van der Waals surface area contributed by atoms with Gasteiger partial charge in [0.2, 0.25) is 0 Å². The summed E-state index contributed by atoms with van der Waals surface area (Å²) in [5.41, 5.74) is 5.75. The summed E-state index contributed by atoms with van der Waals surface area (Å²) >= 11 is 0.786. The van der Waals surface area contributed by atoms with E-state index < -0.39 is 0 Å². The predicted octanol–water partition coefficient (Wildman–Crippen LogP) is 3.49. The average Bonchev–Trinajstić information content (AvgIpc) is 3.02. The number of methoxy groups -OCH3 is 2. The Hall–Kier alpha value is -2.25. The van der Waals surface area contributed by atoms with Crippen molar-refractivity contribution in [2.75, 3.05) is 14.2 Å². The van der Waals surface area contributed by atoms with Gasteiger partial charge in [-0.1, -0.05) is 4.98 Å². The third-order valence-electron chi connectivity index (χ3n) is 4.56. The van der Waals surface area contributed by atoms with Crippen LogP contribution >= 0.6 is 12.0 Å². The van der Waals surface area contributed by atoms with Crippen molar-refractivity contribution in [1.82, 2.24) is 9.97 Å². The number of hydrogen-bond acceptors (Lipinski definition) is 5. The first kappa shape index (κ1) is 17.6. The van der Waals surface area contributed by atoms with E-state index in [2.05, 4.69) is 4.98 Å². The second-order valence-corrected chi connectivity index (χ2v) is 6.41. The van der Waals surface area contributed by atoms with Crippen molar-refractivity contribution < 1.29 is 18.6 Å². The van der Waals surface area contributed by atoms with E-state index in [1.807, 2.05) is 43.5 Å². The van der Waals surface area contributed by atoms with Crippen molar-refractivity contribution in [3.63, 3.8) is 0 Å². The molecule has 0 saturated heterocycles. The molecule has 0 atom stereocenters. The highest BCUT2D eigenvalue weighted by Crippen LogP contribution is 2.28. The first-order chi connectivity index (χ1) is 12.0. The third-order valence-corrected chi connectivity index (χ3v) is 4.96. The van der Waals surface area contributed by atoms with Crippen LogP contribution in [0.1, 0.15) is 22.5 Å². The number of ether oxygens (including phenoxy) is 2. The summed E-state index contributed by atoms with van der Waals surface area (Å²) in [5, 5.41) is 0.